The molecule has 0 aromatic heterocycles. The molecule has 3 heteroatoms. The number of rotatable bonds is 2. The van der Waals surface area contributed by atoms with Crippen LogP contribution in [-0.4, -0.2) is 10.9 Å². The smallest absolute Gasteiger partial charge is 0.152 e. The van der Waals surface area contributed by atoms with Crippen LogP contribution in [0.25, 0.3) is 6.08 Å². The zero-order valence-corrected chi connectivity index (χ0v) is 8.08. The minimum absolute atomic E-state index is 0.00575. The molecule has 0 fully saturated rings. The summed E-state index contributed by atoms with van der Waals surface area (Å²) in [5.41, 5.74) is 0.845. The van der Waals surface area contributed by atoms with E-state index in [4.69, 9.17) is 5.11 Å². The number of allylic oxidation sites excluding steroid dienone is 1. The average molecular weight is 194 g/mol. The van der Waals surface area contributed by atoms with Crippen molar-refractivity contribution in [3.63, 3.8) is 0 Å². The molecule has 1 N–H and O–H groups in total. The molecule has 0 amide bonds. The number of carbonyl (C=O) groups excluding carboxylic acids is 1. The Hall–Kier alpha value is -1.22. The van der Waals surface area contributed by atoms with Crippen molar-refractivity contribution in [2.45, 2.75) is 11.8 Å². The van der Waals surface area contributed by atoms with Crippen LogP contribution in [-0.2, 0) is 4.79 Å². The summed E-state index contributed by atoms with van der Waals surface area (Å²) < 4.78 is 0. The molecule has 0 saturated carbocycles. The molecule has 0 unspecified atom stereocenters. The first-order valence-electron chi connectivity index (χ1n) is 3.80. The van der Waals surface area contributed by atoms with Crippen molar-refractivity contribution in [1.82, 2.24) is 0 Å². The van der Waals surface area contributed by atoms with E-state index in [0.29, 0.717) is 4.90 Å². The molecule has 0 heterocycles. The summed E-state index contributed by atoms with van der Waals surface area (Å²) in [5.74, 6) is 0.136. The number of phenols is 1. The van der Waals surface area contributed by atoms with Crippen LogP contribution in [0.5, 0.6) is 5.75 Å². The second-order valence-electron chi connectivity index (χ2n) is 2.69. The van der Waals surface area contributed by atoms with Crippen LogP contribution >= 0.6 is 12.6 Å². The summed E-state index contributed by atoms with van der Waals surface area (Å²) >= 11 is 4.04. The zero-order valence-electron chi connectivity index (χ0n) is 7.19. The number of thiol groups is 1. The fourth-order valence-electron chi connectivity index (χ4n) is 0.858. The summed E-state index contributed by atoms with van der Waals surface area (Å²) in [6.45, 7) is 1.48. The van der Waals surface area contributed by atoms with Crippen LogP contribution in [0.15, 0.2) is 29.2 Å². The van der Waals surface area contributed by atoms with Gasteiger partial charge < -0.3 is 5.11 Å². The number of phenolic OH excluding ortho intramolecular Hbond substituents is 1. The van der Waals surface area contributed by atoms with Gasteiger partial charge in [-0.1, -0.05) is 12.1 Å². The van der Waals surface area contributed by atoms with Crippen LogP contribution in [0.1, 0.15) is 12.5 Å². The van der Waals surface area contributed by atoms with E-state index in [-0.39, 0.29) is 11.5 Å². The molecule has 0 spiro atoms. The third-order valence-electron chi connectivity index (χ3n) is 1.51. The van der Waals surface area contributed by atoms with E-state index in [2.05, 4.69) is 12.6 Å². The maximum Gasteiger partial charge on any atom is 0.152 e. The molecule has 0 radical (unpaired) electrons. The maximum atomic E-state index is 10.6. The van der Waals surface area contributed by atoms with E-state index in [0.717, 1.165) is 5.56 Å². The van der Waals surface area contributed by atoms with Crippen LogP contribution < -0.4 is 0 Å². The Kier molecular flexibility index (Phi) is 3.14. The fourth-order valence-corrected chi connectivity index (χ4v) is 1.08. The Balaban J connectivity index is 2.92. The van der Waals surface area contributed by atoms with Gasteiger partial charge >= 0.3 is 0 Å². The summed E-state index contributed by atoms with van der Waals surface area (Å²) in [6, 6.07) is 4.95. The van der Waals surface area contributed by atoms with E-state index in [9.17, 15) is 4.79 Å². The van der Waals surface area contributed by atoms with Gasteiger partial charge in [0.2, 0.25) is 0 Å². The van der Waals surface area contributed by atoms with Crippen molar-refractivity contribution in [3.05, 3.63) is 29.8 Å². The lowest BCUT2D eigenvalue weighted by atomic mass is 10.2. The van der Waals surface area contributed by atoms with Crippen molar-refractivity contribution < 1.29 is 9.90 Å². The molecule has 0 aliphatic rings. The van der Waals surface area contributed by atoms with E-state index in [1.165, 1.54) is 13.0 Å². The predicted molar refractivity (Wildman–Crippen MR) is 55.1 cm³/mol. The molecular formula is C10H10O2S. The number of ketones is 1. The zero-order chi connectivity index (χ0) is 9.84. The average Bonchev–Trinajstić information content (AvgIpc) is 2.07. The molecule has 0 aliphatic carbocycles. The molecule has 1 rings (SSSR count). The lowest BCUT2D eigenvalue weighted by Gasteiger charge is -1.98. The third-order valence-corrected chi connectivity index (χ3v) is 1.87. The third kappa shape index (κ3) is 2.95. The lowest BCUT2D eigenvalue weighted by molar-refractivity contribution is -0.112. The molecular weight excluding hydrogens is 184 g/mol. The number of hydrogen-bond acceptors (Lipinski definition) is 3. The largest absolute Gasteiger partial charge is 0.507 e. The first-order valence-corrected chi connectivity index (χ1v) is 4.25. The highest BCUT2D eigenvalue weighted by atomic mass is 32.1. The molecule has 0 aliphatic heterocycles. The number of carbonyl (C=O) groups is 1. The van der Waals surface area contributed by atoms with Crippen molar-refractivity contribution in [2.24, 2.45) is 0 Å². The molecule has 0 bridgehead atoms. The summed E-state index contributed by atoms with van der Waals surface area (Å²) in [4.78, 5) is 11.1. The topological polar surface area (TPSA) is 37.3 Å². The van der Waals surface area contributed by atoms with Gasteiger partial charge in [0, 0.05) is 4.90 Å². The van der Waals surface area contributed by atoms with Gasteiger partial charge in [0.05, 0.1) is 0 Å². The highest BCUT2D eigenvalue weighted by Gasteiger charge is 1.95. The SMILES string of the molecule is CC(=O)/C=C/c1ccc(O)c(S)c1. The molecule has 68 valence electrons. The minimum atomic E-state index is -0.00575. The second kappa shape index (κ2) is 4.14. The van der Waals surface area contributed by atoms with Crippen LogP contribution in [0.2, 0.25) is 0 Å². The maximum absolute atomic E-state index is 10.6. The Morgan fingerprint density at radius 3 is 2.77 bits per heavy atom. The van der Waals surface area contributed by atoms with Crippen molar-refractivity contribution in [1.29, 1.82) is 0 Å². The highest BCUT2D eigenvalue weighted by molar-refractivity contribution is 7.80. The van der Waals surface area contributed by atoms with Crippen molar-refractivity contribution in [2.75, 3.05) is 0 Å². The molecule has 1 aromatic rings. The fraction of sp³-hybridized carbons (Fsp3) is 0.100. The monoisotopic (exact) mass is 194 g/mol. The minimum Gasteiger partial charge on any atom is -0.507 e. The predicted octanol–water partition coefficient (Wildman–Crippen LogP) is 2.28. The number of aromatic hydroxyl groups is 1. The molecule has 13 heavy (non-hydrogen) atoms. The van der Waals surface area contributed by atoms with Crippen LogP contribution in [0, 0.1) is 0 Å². The Bertz CT molecular complexity index is 356. The van der Waals surface area contributed by atoms with E-state index in [1.54, 1.807) is 24.3 Å². The van der Waals surface area contributed by atoms with Gasteiger partial charge in [0.25, 0.3) is 0 Å². The van der Waals surface area contributed by atoms with Gasteiger partial charge in [-0.3, -0.25) is 4.79 Å². The normalized spacial score (nSPS) is 10.6. The Morgan fingerprint density at radius 2 is 2.23 bits per heavy atom. The van der Waals surface area contributed by atoms with Gasteiger partial charge in [-0.2, -0.15) is 0 Å². The Labute approximate surface area is 82.3 Å². The molecule has 1 aromatic carbocycles. The first-order chi connectivity index (χ1) is 6.09. The second-order valence-corrected chi connectivity index (χ2v) is 3.17. The summed E-state index contributed by atoms with van der Waals surface area (Å²) in [5, 5.41) is 9.15. The first kappa shape index (κ1) is 9.86. The summed E-state index contributed by atoms with van der Waals surface area (Å²) in [7, 11) is 0. The van der Waals surface area contributed by atoms with Gasteiger partial charge in [-0.25, -0.2) is 0 Å². The van der Waals surface area contributed by atoms with Crippen molar-refractivity contribution in [3.8, 4) is 5.75 Å². The summed E-state index contributed by atoms with van der Waals surface area (Å²) in [6.07, 6.45) is 3.15. The molecule has 0 atom stereocenters. The van der Waals surface area contributed by atoms with E-state index >= 15 is 0 Å². The molecule has 2 nitrogen and oxygen atoms in total. The van der Waals surface area contributed by atoms with Crippen molar-refractivity contribution >= 4 is 24.5 Å². The van der Waals surface area contributed by atoms with E-state index < -0.39 is 0 Å². The van der Waals surface area contributed by atoms with Gasteiger partial charge in [0.15, 0.2) is 5.78 Å². The highest BCUT2D eigenvalue weighted by Crippen LogP contribution is 2.22. The van der Waals surface area contributed by atoms with Gasteiger partial charge in [0.1, 0.15) is 5.75 Å². The van der Waals surface area contributed by atoms with E-state index in [1.807, 2.05) is 0 Å². The lowest BCUT2D eigenvalue weighted by Crippen LogP contribution is -1.80. The number of hydrogen-bond donors (Lipinski definition) is 2. The standard InChI is InChI=1S/C10H10O2S/c1-7(11)2-3-8-4-5-9(12)10(13)6-8/h2-6,12-13H,1H3/b3-2+. The number of benzene rings is 1. The Morgan fingerprint density at radius 1 is 1.54 bits per heavy atom. The molecule has 0 saturated heterocycles. The van der Waals surface area contributed by atoms with Crippen LogP contribution in [0.3, 0.4) is 0 Å². The van der Waals surface area contributed by atoms with Crippen LogP contribution in [0.4, 0.5) is 0 Å². The van der Waals surface area contributed by atoms with Gasteiger partial charge in [-0.05, 0) is 30.7 Å². The quantitative estimate of drug-likeness (QED) is 0.560. The van der Waals surface area contributed by atoms with Gasteiger partial charge in [-0.15, -0.1) is 12.6 Å².